The number of unbranched alkanes of at least 4 members (excludes halogenated alkanes) is 7. The van der Waals surface area contributed by atoms with E-state index in [2.05, 4.69) is 52.0 Å². The Bertz CT molecular complexity index is 977. The maximum absolute atomic E-state index is 11.9. The molecule has 0 aliphatic carbocycles. The first kappa shape index (κ1) is 24.7. The Kier molecular flexibility index (Phi) is 10.7. The van der Waals surface area contributed by atoms with Crippen molar-refractivity contribution in [3.63, 3.8) is 0 Å². The Morgan fingerprint density at radius 3 is 2.15 bits per heavy atom. The van der Waals surface area contributed by atoms with Crippen molar-refractivity contribution in [3.05, 3.63) is 48.5 Å². The molecule has 1 heterocycles. The maximum Gasteiger partial charge on any atom is 0.219 e. The highest BCUT2D eigenvalue weighted by Gasteiger charge is 2.08. The lowest BCUT2D eigenvalue weighted by Crippen LogP contribution is -2.23. The molecule has 5 nitrogen and oxygen atoms in total. The predicted octanol–water partition coefficient (Wildman–Crippen LogP) is 6.52. The van der Waals surface area contributed by atoms with Gasteiger partial charge in [-0.05, 0) is 50.5 Å². The Morgan fingerprint density at radius 2 is 1.42 bits per heavy atom. The van der Waals surface area contributed by atoms with E-state index in [0.717, 1.165) is 69.1 Å². The highest BCUT2D eigenvalue weighted by molar-refractivity contribution is 6.07. The summed E-state index contributed by atoms with van der Waals surface area (Å²) in [4.78, 5) is 20.7. The average Bonchev–Trinajstić information content (AvgIpc) is 2.84. The summed E-state index contributed by atoms with van der Waals surface area (Å²) in [7, 11) is 1.81. The summed E-state index contributed by atoms with van der Waals surface area (Å²) in [6.45, 7) is 1.74. The molecule has 0 spiro atoms. The number of amides is 1. The molecule has 0 saturated heterocycles. The molecule has 2 N–H and O–H groups in total. The lowest BCUT2D eigenvalue weighted by atomic mass is 10.1. The summed E-state index contributed by atoms with van der Waals surface area (Å²) < 4.78 is 0. The van der Waals surface area contributed by atoms with Crippen molar-refractivity contribution in [1.29, 1.82) is 0 Å². The van der Waals surface area contributed by atoms with Gasteiger partial charge in [-0.25, -0.2) is 4.98 Å². The van der Waals surface area contributed by atoms with E-state index in [1.54, 1.807) is 0 Å². The molecule has 0 atom stereocenters. The first-order valence-electron chi connectivity index (χ1n) is 12.5. The van der Waals surface area contributed by atoms with Gasteiger partial charge in [0.15, 0.2) is 0 Å². The van der Waals surface area contributed by atoms with Gasteiger partial charge >= 0.3 is 0 Å². The third-order valence-corrected chi connectivity index (χ3v) is 5.98. The van der Waals surface area contributed by atoms with Crippen molar-refractivity contribution in [1.82, 2.24) is 10.3 Å². The Labute approximate surface area is 198 Å². The SMILES string of the molecule is CN=CCCCCCNC(=O)CCCCCCCNc1c2ccccc2nc2ccccc12. The van der Waals surface area contributed by atoms with Gasteiger partial charge in [0.1, 0.15) is 0 Å². The van der Waals surface area contributed by atoms with Crippen molar-refractivity contribution < 1.29 is 4.79 Å². The predicted molar refractivity (Wildman–Crippen MR) is 141 cm³/mol. The molecular weight excluding hydrogens is 408 g/mol. The number of carbonyl (C=O) groups is 1. The van der Waals surface area contributed by atoms with E-state index in [-0.39, 0.29) is 5.91 Å². The van der Waals surface area contributed by atoms with Gasteiger partial charge in [-0.15, -0.1) is 0 Å². The highest BCUT2D eigenvalue weighted by Crippen LogP contribution is 2.30. The van der Waals surface area contributed by atoms with Gasteiger partial charge in [-0.1, -0.05) is 62.1 Å². The van der Waals surface area contributed by atoms with Crippen molar-refractivity contribution in [3.8, 4) is 0 Å². The monoisotopic (exact) mass is 446 g/mol. The molecule has 3 rings (SSSR count). The van der Waals surface area contributed by atoms with Crippen LogP contribution in [0.25, 0.3) is 21.8 Å². The standard InChI is InChI=1S/C28H38N4O/c1-29-20-12-5-6-13-21-30-27(33)19-7-3-2-4-14-22-31-28-23-15-8-10-17-25(23)32-26-18-11-9-16-24(26)28/h8-11,15-18,20H,2-7,12-14,19,21-22H2,1H3,(H,30,33)(H,31,32). The first-order chi connectivity index (χ1) is 16.3. The average molecular weight is 447 g/mol. The summed E-state index contributed by atoms with van der Waals surface area (Å²) in [6.07, 6.45) is 12.6. The van der Waals surface area contributed by atoms with Crippen molar-refractivity contribution >= 4 is 39.6 Å². The molecule has 0 aliphatic rings. The number of anilines is 1. The van der Waals surface area contributed by atoms with Gasteiger partial charge in [0.25, 0.3) is 0 Å². The lowest BCUT2D eigenvalue weighted by Gasteiger charge is -2.13. The Morgan fingerprint density at radius 1 is 0.818 bits per heavy atom. The molecule has 2 aromatic carbocycles. The molecule has 33 heavy (non-hydrogen) atoms. The quantitative estimate of drug-likeness (QED) is 0.159. The molecule has 0 aliphatic heterocycles. The maximum atomic E-state index is 11.9. The minimum Gasteiger partial charge on any atom is -0.384 e. The van der Waals surface area contributed by atoms with Crippen LogP contribution in [0.1, 0.15) is 64.2 Å². The van der Waals surface area contributed by atoms with Crippen LogP contribution >= 0.6 is 0 Å². The number of benzene rings is 2. The Balaban J connectivity index is 1.29. The zero-order valence-electron chi connectivity index (χ0n) is 20.0. The van der Waals surface area contributed by atoms with Crippen molar-refractivity contribution in [2.45, 2.75) is 64.2 Å². The van der Waals surface area contributed by atoms with Gasteiger partial charge in [-0.2, -0.15) is 0 Å². The molecule has 0 bridgehead atoms. The molecular formula is C28H38N4O. The number of hydrogen-bond donors (Lipinski definition) is 2. The highest BCUT2D eigenvalue weighted by atomic mass is 16.1. The van der Waals surface area contributed by atoms with Crippen LogP contribution < -0.4 is 10.6 Å². The van der Waals surface area contributed by atoms with E-state index < -0.39 is 0 Å². The number of rotatable bonds is 15. The first-order valence-corrected chi connectivity index (χ1v) is 12.5. The zero-order chi connectivity index (χ0) is 23.1. The van der Waals surface area contributed by atoms with Crippen LogP contribution in [0.3, 0.4) is 0 Å². The number of aromatic nitrogens is 1. The number of para-hydroxylation sites is 2. The third kappa shape index (κ3) is 8.16. The fourth-order valence-corrected chi connectivity index (χ4v) is 4.17. The van der Waals surface area contributed by atoms with Crippen LogP contribution in [0.2, 0.25) is 0 Å². The van der Waals surface area contributed by atoms with Crippen LogP contribution in [0.4, 0.5) is 5.69 Å². The lowest BCUT2D eigenvalue weighted by molar-refractivity contribution is -0.121. The normalized spacial score (nSPS) is 11.4. The molecule has 5 heteroatoms. The summed E-state index contributed by atoms with van der Waals surface area (Å²) in [5.41, 5.74) is 3.25. The number of carbonyl (C=O) groups excluding carboxylic acids is 1. The fraction of sp³-hybridized carbons (Fsp3) is 0.464. The fourth-order valence-electron chi connectivity index (χ4n) is 4.17. The van der Waals surface area contributed by atoms with E-state index in [0.29, 0.717) is 6.42 Å². The minimum atomic E-state index is 0.197. The molecule has 0 saturated carbocycles. The molecule has 176 valence electrons. The zero-order valence-corrected chi connectivity index (χ0v) is 20.0. The van der Waals surface area contributed by atoms with E-state index in [1.165, 1.54) is 29.3 Å². The number of aliphatic imine (C=N–C) groups is 1. The molecule has 1 aromatic heterocycles. The van der Waals surface area contributed by atoms with Crippen molar-refractivity contribution in [2.24, 2.45) is 4.99 Å². The Hall–Kier alpha value is -2.95. The second-order valence-corrected chi connectivity index (χ2v) is 8.61. The number of hydrogen-bond acceptors (Lipinski definition) is 4. The van der Waals surface area contributed by atoms with E-state index in [9.17, 15) is 4.79 Å². The second-order valence-electron chi connectivity index (χ2n) is 8.61. The van der Waals surface area contributed by atoms with Crippen molar-refractivity contribution in [2.75, 3.05) is 25.5 Å². The topological polar surface area (TPSA) is 66.4 Å². The molecule has 3 aromatic rings. The largest absolute Gasteiger partial charge is 0.384 e. The van der Waals surface area contributed by atoms with Crippen LogP contribution in [-0.4, -0.2) is 37.2 Å². The van der Waals surface area contributed by atoms with E-state index in [1.807, 2.05) is 25.4 Å². The van der Waals surface area contributed by atoms with Gasteiger partial charge in [0.2, 0.25) is 5.91 Å². The van der Waals surface area contributed by atoms with Gasteiger partial charge in [0.05, 0.1) is 16.7 Å². The smallest absolute Gasteiger partial charge is 0.219 e. The number of nitrogens with zero attached hydrogens (tertiary/aromatic N) is 2. The van der Waals surface area contributed by atoms with Gasteiger partial charge in [0, 0.05) is 37.3 Å². The summed E-state index contributed by atoms with van der Waals surface area (Å²) in [5, 5.41) is 9.07. The van der Waals surface area contributed by atoms with Gasteiger partial charge in [-0.3, -0.25) is 4.79 Å². The minimum absolute atomic E-state index is 0.197. The third-order valence-electron chi connectivity index (χ3n) is 5.98. The molecule has 0 radical (unpaired) electrons. The number of nitrogens with one attached hydrogen (secondary N) is 2. The van der Waals surface area contributed by atoms with Crippen LogP contribution in [0, 0.1) is 0 Å². The second kappa shape index (κ2) is 14.2. The number of pyridine rings is 1. The molecule has 0 unspecified atom stereocenters. The number of fused-ring (bicyclic) bond motifs is 2. The van der Waals surface area contributed by atoms with E-state index >= 15 is 0 Å². The molecule has 0 fully saturated rings. The van der Waals surface area contributed by atoms with Crippen LogP contribution in [-0.2, 0) is 4.79 Å². The summed E-state index contributed by atoms with van der Waals surface area (Å²) in [5.74, 6) is 0.197. The van der Waals surface area contributed by atoms with Crippen LogP contribution in [0.5, 0.6) is 0 Å². The van der Waals surface area contributed by atoms with E-state index in [4.69, 9.17) is 4.98 Å². The summed E-state index contributed by atoms with van der Waals surface area (Å²) in [6, 6.07) is 16.7. The molecule has 1 amide bonds. The van der Waals surface area contributed by atoms with Crippen LogP contribution in [0.15, 0.2) is 53.5 Å². The summed E-state index contributed by atoms with van der Waals surface area (Å²) >= 11 is 0. The van der Waals surface area contributed by atoms with Gasteiger partial charge < -0.3 is 15.6 Å².